The second-order valence-electron chi connectivity index (χ2n) is 7.09. The molecule has 3 N–H and O–H groups in total. The molecular formula is C19H22N6O4S. The number of sulfonamides is 1. The predicted molar refractivity (Wildman–Crippen MR) is 115 cm³/mol. The van der Waals surface area contributed by atoms with Crippen molar-refractivity contribution in [3.63, 3.8) is 0 Å². The number of hydrogen-bond donors (Lipinski definition) is 3. The minimum absolute atomic E-state index is 0.0460. The molecule has 0 atom stereocenters. The van der Waals surface area contributed by atoms with Gasteiger partial charge in [-0.3, -0.25) is 14.3 Å². The monoisotopic (exact) mass is 430 g/mol. The predicted octanol–water partition coefficient (Wildman–Crippen LogP) is 2.59. The molecule has 3 aromatic rings. The molecule has 0 aliphatic carbocycles. The lowest BCUT2D eigenvalue weighted by Gasteiger charge is -2.13. The second-order valence-corrected chi connectivity index (χ2v) is 8.84. The van der Waals surface area contributed by atoms with Gasteiger partial charge in [0.05, 0.1) is 35.6 Å². The number of carbonyl (C=O) groups is 2. The summed E-state index contributed by atoms with van der Waals surface area (Å²) in [5.41, 5.74) is 1.61. The van der Waals surface area contributed by atoms with Gasteiger partial charge in [-0.15, -0.1) is 0 Å². The lowest BCUT2D eigenvalue weighted by Crippen LogP contribution is -2.18. The Hall–Kier alpha value is -3.47. The van der Waals surface area contributed by atoms with Crippen molar-refractivity contribution in [2.45, 2.75) is 26.8 Å². The van der Waals surface area contributed by atoms with Gasteiger partial charge in [-0.05, 0) is 38.1 Å². The summed E-state index contributed by atoms with van der Waals surface area (Å²) in [6.07, 6.45) is 4.15. The van der Waals surface area contributed by atoms with E-state index in [1.54, 1.807) is 16.9 Å². The zero-order valence-electron chi connectivity index (χ0n) is 16.9. The number of nitrogens with zero attached hydrogens (tertiary/aromatic N) is 3. The van der Waals surface area contributed by atoms with Gasteiger partial charge in [0.15, 0.2) is 5.65 Å². The Morgan fingerprint density at radius 1 is 1.07 bits per heavy atom. The van der Waals surface area contributed by atoms with Crippen LogP contribution in [0.1, 0.15) is 37.2 Å². The lowest BCUT2D eigenvalue weighted by atomic mass is 10.1. The Labute approximate surface area is 173 Å². The molecule has 30 heavy (non-hydrogen) atoms. The Morgan fingerprint density at radius 2 is 1.80 bits per heavy atom. The molecule has 2 heterocycles. The van der Waals surface area contributed by atoms with E-state index in [0.29, 0.717) is 17.0 Å². The van der Waals surface area contributed by atoms with Crippen molar-refractivity contribution in [1.82, 2.24) is 14.8 Å². The highest BCUT2D eigenvalue weighted by atomic mass is 32.2. The highest BCUT2D eigenvalue weighted by Crippen LogP contribution is 2.24. The van der Waals surface area contributed by atoms with Crippen LogP contribution in [-0.4, -0.2) is 41.3 Å². The standard InChI is InChI=1S/C19H22N6O4S/c1-11(2)25-18-13(9-21-25)7-15(10-20-18)23-19(27)16-8-14(22-12(3)26)5-6-17(16)24-30(4,28)29/h5-11,24H,1-4H3,(H,22,26)(H,23,27). The van der Waals surface area contributed by atoms with Crippen molar-refractivity contribution in [3.8, 4) is 0 Å². The molecule has 0 unspecified atom stereocenters. The third-order valence-electron chi connectivity index (χ3n) is 4.06. The summed E-state index contributed by atoms with van der Waals surface area (Å²) in [5.74, 6) is -0.882. The summed E-state index contributed by atoms with van der Waals surface area (Å²) in [6.45, 7) is 5.31. The number of benzene rings is 1. The van der Waals surface area contributed by atoms with E-state index in [1.807, 2.05) is 13.8 Å². The van der Waals surface area contributed by atoms with Gasteiger partial charge >= 0.3 is 0 Å². The molecule has 0 saturated heterocycles. The molecule has 11 heteroatoms. The van der Waals surface area contributed by atoms with E-state index in [4.69, 9.17) is 0 Å². The first-order chi connectivity index (χ1) is 14.0. The van der Waals surface area contributed by atoms with Crippen molar-refractivity contribution in [3.05, 3.63) is 42.2 Å². The topological polar surface area (TPSA) is 135 Å². The van der Waals surface area contributed by atoms with Crippen LogP contribution in [-0.2, 0) is 14.8 Å². The van der Waals surface area contributed by atoms with Crippen LogP contribution in [0.4, 0.5) is 17.1 Å². The molecule has 2 aromatic heterocycles. The van der Waals surface area contributed by atoms with Crippen molar-refractivity contribution in [2.24, 2.45) is 0 Å². The molecule has 0 fully saturated rings. The SMILES string of the molecule is CC(=O)Nc1ccc(NS(C)(=O)=O)c(C(=O)Nc2cnc3c(cnn3C(C)C)c2)c1. The molecule has 0 aliphatic heterocycles. The number of rotatable bonds is 6. The van der Waals surface area contributed by atoms with E-state index >= 15 is 0 Å². The highest BCUT2D eigenvalue weighted by Gasteiger charge is 2.17. The van der Waals surface area contributed by atoms with Gasteiger partial charge in [0, 0.05) is 24.0 Å². The summed E-state index contributed by atoms with van der Waals surface area (Å²) < 4.78 is 27.4. The van der Waals surface area contributed by atoms with Crippen LogP contribution >= 0.6 is 0 Å². The number of carbonyl (C=O) groups excluding carboxylic acids is 2. The first kappa shape index (κ1) is 21.2. The molecule has 0 spiro atoms. The lowest BCUT2D eigenvalue weighted by molar-refractivity contribution is -0.114. The number of hydrogen-bond acceptors (Lipinski definition) is 6. The molecule has 0 aliphatic rings. The number of pyridine rings is 1. The number of fused-ring (bicyclic) bond motifs is 1. The molecule has 0 radical (unpaired) electrons. The minimum Gasteiger partial charge on any atom is -0.326 e. The van der Waals surface area contributed by atoms with Crippen LogP contribution in [0, 0.1) is 0 Å². The fourth-order valence-corrected chi connectivity index (χ4v) is 3.46. The summed E-state index contributed by atoms with van der Waals surface area (Å²) in [6, 6.07) is 6.17. The van der Waals surface area contributed by atoms with Gasteiger partial charge in [-0.1, -0.05) is 0 Å². The molecule has 158 valence electrons. The number of aromatic nitrogens is 3. The fraction of sp³-hybridized carbons (Fsp3) is 0.263. The number of anilines is 3. The van der Waals surface area contributed by atoms with Gasteiger partial charge in [0.2, 0.25) is 15.9 Å². The summed E-state index contributed by atoms with van der Waals surface area (Å²) in [5, 5.41) is 10.3. The van der Waals surface area contributed by atoms with E-state index in [2.05, 4.69) is 25.4 Å². The van der Waals surface area contributed by atoms with Crippen LogP contribution in [0.15, 0.2) is 36.7 Å². The van der Waals surface area contributed by atoms with Crippen LogP contribution in [0.25, 0.3) is 11.0 Å². The van der Waals surface area contributed by atoms with Crippen LogP contribution in [0.2, 0.25) is 0 Å². The first-order valence-electron chi connectivity index (χ1n) is 9.07. The van der Waals surface area contributed by atoms with Crippen molar-refractivity contribution >= 4 is 49.9 Å². The second kappa shape index (κ2) is 8.11. The normalized spacial score (nSPS) is 11.5. The average molecular weight is 430 g/mol. The van der Waals surface area contributed by atoms with E-state index in [9.17, 15) is 18.0 Å². The van der Waals surface area contributed by atoms with Gasteiger partial charge < -0.3 is 10.6 Å². The third-order valence-corrected chi connectivity index (χ3v) is 4.65. The molecule has 10 nitrogen and oxygen atoms in total. The van der Waals surface area contributed by atoms with E-state index < -0.39 is 15.9 Å². The molecule has 1 aromatic carbocycles. The summed E-state index contributed by atoms with van der Waals surface area (Å²) in [4.78, 5) is 28.6. The van der Waals surface area contributed by atoms with Crippen molar-refractivity contribution < 1.29 is 18.0 Å². The maximum absolute atomic E-state index is 12.9. The van der Waals surface area contributed by atoms with Gasteiger partial charge in [0.1, 0.15) is 0 Å². The van der Waals surface area contributed by atoms with E-state index in [-0.39, 0.29) is 23.2 Å². The average Bonchev–Trinajstić information content (AvgIpc) is 3.04. The highest BCUT2D eigenvalue weighted by molar-refractivity contribution is 7.92. The zero-order chi connectivity index (χ0) is 22.1. The number of amides is 2. The van der Waals surface area contributed by atoms with Crippen LogP contribution in [0.5, 0.6) is 0 Å². The van der Waals surface area contributed by atoms with Gasteiger partial charge in [0.25, 0.3) is 5.91 Å². The van der Waals surface area contributed by atoms with E-state index in [1.165, 1.54) is 31.3 Å². The molecule has 0 bridgehead atoms. The van der Waals surface area contributed by atoms with Gasteiger partial charge in [-0.2, -0.15) is 5.10 Å². The van der Waals surface area contributed by atoms with Crippen LogP contribution in [0.3, 0.4) is 0 Å². The minimum atomic E-state index is -3.62. The third kappa shape index (κ3) is 4.92. The largest absolute Gasteiger partial charge is 0.326 e. The number of nitrogens with one attached hydrogen (secondary N) is 3. The molecule has 0 saturated carbocycles. The Balaban J connectivity index is 1.94. The maximum atomic E-state index is 12.9. The quantitative estimate of drug-likeness (QED) is 0.550. The molecule has 2 amide bonds. The zero-order valence-corrected chi connectivity index (χ0v) is 17.7. The maximum Gasteiger partial charge on any atom is 0.257 e. The fourth-order valence-electron chi connectivity index (χ4n) is 2.89. The van der Waals surface area contributed by atoms with Crippen LogP contribution < -0.4 is 15.4 Å². The van der Waals surface area contributed by atoms with Crippen molar-refractivity contribution in [1.29, 1.82) is 0 Å². The Bertz CT molecular complexity index is 1230. The Kier molecular flexibility index (Phi) is 5.74. The van der Waals surface area contributed by atoms with Gasteiger partial charge in [-0.25, -0.2) is 18.1 Å². The van der Waals surface area contributed by atoms with E-state index in [0.717, 1.165) is 11.6 Å². The Morgan fingerprint density at radius 3 is 2.43 bits per heavy atom. The molecular weight excluding hydrogens is 408 g/mol. The molecule has 3 rings (SSSR count). The summed E-state index contributed by atoms with van der Waals surface area (Å²) >= 11 is 0. The summed E-state index contributed by atoms with van der Waals surface area (Å²) in [7, 11) is -3.62. The smallest absolute Gasteiger partial charge is 0.257 e. The first-order valence-corrected chi connectivity index (χ1v) is 11.0. The van der Waals surface area contributed by atoms with Crippen molar-refractivity contribution in [2.75, 3.05) is 21.6 Å².